The Kier molecular flexibility index (Phi) is 5.65. The summed E-state index contributed by atoms with van der Waals surface area (Å²) in [4.78, 5) is 11.4. The summed E-state index contributed by atoms with van der Waals surface area (Å²) in [5, 5.41) is 21.0. The molecule has 2 atom stereocenters. The van der Waals surface area contributed by atoms with Crippen LogP contribution in [0.25, 0.3) is 0 Å². The van der Waals surface area contributed by atoms with E-state index < -0.39 is 0 Å². The molecule has 0 spiro atoms. The molecule has 4 nitrogen and oxygen atoms in total. The van der Waals surface area contributed by atoms with Gasteiger partial charge in [0.2, 0.25) is 5.91 Å². The highest BCUT2D eigenvalue weighted by atomic mass is 16.3. The zero-order chi connectivity index (χ0) is 11.1. The molecule has 1 amide bonds. The third kappa shape index (κ3) is 4.62. The minimum absolute atomic E-state index is 0.0288. The van der Waals surface area contributed by atoms with Crippen LogP contribution in [0.15, 0.2) is 0 Å². The molecule has 0 aromatic heterocycles. The van der Waals surface area contributed by atoms with E-state index in [1.54, 1.807) is 0 Å². The number of carbonyl (C=O) groups excluding carboxylic acids is 1. The van der Waals surface area contributed by atoms with Crippen LogP contribution >= 0.6 is 0 Å². The Morgan fingerprint density at radius 2 is 2.00 bits per heavy atom. The lowest BCUT2D eigenvalue weighted by Gasteiger charge is -2.19. The van der Waals surface area contributed by atoms with Gasteiger partial charge >= 0.3 is 0 Å². The lowest BCUT2D eigenvalue weighted by molar-refractivity contribution is -0.123. The maximum absolute atomic E-state index is 11.4. The van der Waals surface area contributed by atoms with Gasteiger partial charge in [-0.05, 0) is 18.8 Å². The molecule has 0 aromatic carbocycles. The van der Waals surface area contributed by atoms with Gasteiger partial charge in [-0.1, -0.05) is 19.3 Å². The van der Waals surface area contributed by atoms with Crippen LogP contribution in [0.2, 0.25) is 0 Å². The summed E-state index contributed by atoms with van der Waals surface area (Å²) in [6.45, 7) is 0.278. The van der Waals surface area contributed by atoms with Crippen molar-refractivity contribution in [2.75, 3.05) is 13.2 Å². The quantitative estimate of drug-likeness (QED) is 0.595. The second-order valence-electron chi connectivity index (χ2n) is 4.24. The van der Waals surface area contributed by atoms with Crippen LogP contribution in [0.5, 0.6) is 0 Å². The van der Waals surface area contributed by atoms with Crippen LogP contribution in [0.1, 0.15) is 38.5 Å². The number of aliphatic hydroxyl groups is 2. The summed E-state index contributed by atoms with van der Waals surface area (Å²) in [6.07, 6.45) is 5.15. The third-order valence-electron chi connectivity index (χ3n) is 3.00. The Bertz CT molecular complexity index is 196. The fraction of sp³-hybridized carbons (Fsp3) is 0.909. The van der Waals surface area contributed by atoms with E-state index in [2.05, 4.69) is 5.32 Å². The first kappa shape index (κ1) is 12.5. The lowest BCUT2D eigenvalue weighted by Crippen LogP contribution is -2.31. The molecule has 2 unspecified atom stereocenters. The van der Waals surface area contributed by atoms with E-state index in [1.807, 2.05) is 0 Å². The zero-order valence-electron chi connectivity index (χ0n) is 9.11. The van der Waals surface area contributed by atoms with Gasteiger partial charge in [0, 0.05) is 13.0 Å². The second kappa shape index (κ2) is 6.80. The minimum atomic E-state index is -0.327. The van der Waals surface area contributed by atoms with Crippen LogP contribution in [0, 0.1) is 5.92 Å². The van der Waals surface area contributed by atoms with Crippen molar-refractivity contribution >= 4 is 5.91 Å². The van der Waals surface area contributed by atoms with Crippen molar-refractivity contribution in [1.82, 2.24) is 5.32 Å². The summed E-state index contributed by atoms with van der Waals surface area (Å²) in [6, 6.07) is 0. The number of hydrogen-bond acceptors (Lipinski definition) is 3. The van der Waals surface area contributed by atoms with Crippen molar-refractivity contribution in [2.24, 2.45) is 5.92 Å². The molecule has 15 heavy (non-hydrogen) atoms. The average molecular weight is 215 g/mol. The fourth-order valence-electron chi connectivity index (χ4n) is 2.11. The Balaban J connectivity index is 2.30. The van der Waals surface area contributed by atoms with Gasteiger partial charge < -0.3 is 15.5 Å². The van der Waals surface area contributed by atoms with Gasteiger partial charge in [-0.3, -0.25) is 4.79 Å². The summed E-state index contributed by atoms with van der Waals surface area (Å²) in [5.41, 5.74) is 0. The number of rotatable bonds is 4. The van der Waals surface area contributed by atoms with Crippen molar-refractivity contribution in [2.45, 2.75) is 44.6 Å². The normalized spacial score (nSPS) is 27.1. The highest BCUT2D eigenvalue weighted by molar-refractivity contribution is 5.76. The number of carbonyl (C=O) groups is 1. The molecule has 1 fully saturated rings. The van der Waals surface area contributed by atoms with E-state index in [-0.39, 0.29) is 24.5 Å². The predicted octanol–water partition coefficient (Wildman–Crippen LogP) is 0.426. The van der Waals surface area contributed by atoms with Gasteiger partial charge in [0.15, 0.2) is 0 Å². The van der Waals surface area contributed by atoms with Gasteiger partial charge in [-0.25, -0.2) is 0 Å². The fourth-order valence-corrected chi connectivity index (χ4v) is 2.11. The van der Waals surface area contributed by atoms with Crippen LogP contribution in [0.4, 0.5) is 0 Å². The lowest BCUT2D eigenvalue weighted by atomic mass is 9.93. The molecule has 88 valence electrons. The van der Waals surface area contributed by atoms with E-state index in [4.69, 9.17) is 5.11 Å². The Labute approximate surface area is 90.7 Å². The molecule has 0 aliphatic heterocycles. The molecule has 1 aliphatic rings. The average Bonchev–Trinajstić information content (AvgIpc) is 2.42. The van der Waals surface area contributed by atoms with Gasteiger partial charge in [0.05, 0.1) is 12.7 Å². The SMILES string of the molecule is O=C(CC1CCCCCC1O)NCCO. The van der Waals surface area contributed by atoms with Gasteiger partial charge in [-0.15, -0.1) is 0 Å². The van der Waals surface area contributed by atoms with Crippen molar-refractivity contribution in [3.05, 3.63) is 0 Å². The first-order valence-electron chi connectivity index (χ1n) is 5.79. The summed E-state index contributed by atoms with van der Waals surface area (Å²) >= 11 is 0. The van der Waals surface area contributed by atoms with Gasteiger partial charge in [-0.2, -0.15) is 0 Å². The topological polar surface area (TPSA) is 69.6 Å². The number of aliphatic hydroxyl groups excluding tert-OH is 2. The molecule has 4 heteroatoms. The van der Waals surface area contributed by atoms with Crippen LogP contribution in [0.3, 0.4) is 0 Å². The van der Waals surface area contributed by atoms with Gasteiger partial charge in [0.1, 0.15) is 0 Å². The largest absolute Gasteiger partial charge is 0.395 e. The summed E-state index contributed by atoms with van der Waals surface area (Å²) in [5.74, 6) is 0.0428. The summed E-state index contributed by atoms with van der Waals surface area (Å²) < 4.78 is 0. The maximum Gasteiger partial charge on any atom is 0.220 e. The molecule has 1 saturated carbocycles. The molecular weight excluding hydrogens is 194 g/mol. The summed E-state index contributed by atoms with van der Waals surface area (Å²) in [7, 11) is 0. The first-order chi connectivity index (χ1) is 7.24. The van der Waals surface area contributed by atoms with Crippen molar-refractivity contribution in [3.8, 4) is 0 Å². The molecule has 0 saturated heterocycles. The number of nitrogens with one attached hydrogen (secondary N) is 1. The Hall–Kier alpha value is -0.610. The van der Waals surface area contributed by atoms with Crippen molar-refractivity contribution in [3.63, 3.8) is 0 Å². The molecule has 0 heterocycles. The third-order valence-corrected chi connectivity index (χ3v) is 3.00. The molecule has 0 aromatic rings. The monoisotopic (exact) mass is 215 g/mol. The standard InChI is InChI=1S/C11H21NO3/c13-7-6-12-11(15)8-9-4-2-1-3-5-10(9)14/h9-10,13-14H,1-8H2,(H,12,15). The number of hydrogen-bond donors (Lipinski definition) is 3. The molecule has 3 N–H and O–H groups in total. The van der Waals surface area contributed by atoms with Crippen molar-refractivity contribution in [1.29, 1.82) is 0 Å². The molecule has 1 rings (SSSR count). The zero-order valence-corrected chi connectivity index (χ0v) is 9.11. The van der Waals surface area contributed by atoms with E-state index in [0.29, 0.717) is 13.0 Å². The van der Waals surface area contributed by atoms with Gasteiger partial charge in [0.25, 0.3) is 0 Å². The molecule has 0 radical (unpaired) electrons. The van der Waals surface area contributed by atoms with Crippen LogP contribution in [-0.2, 0) is 4.79 Å². The highest BCUT2D eigenvalue weighted by Crippen LogP contribution is 2.25. The van der Waals surface area contributed by atoms with E-state index in [9.17, 15) is 9.90 Å². The molecule has 1 aliphatic carbocycles. The van der Waals surface area contributed by atoms with E-state index in [0.717, 1.165) is 32.1 Å². The number of amides is 1. The molecule has 0 bridgehead atoms. The highest BCUT2D eigenvalue weighted by Gasteiger charge is 2.23. The minimum Gasteiger partial charge on any atom is -0.395 e. The molecular formula is C11H21NO3. The second-order valence-corrected chi connectivity index (χ2v) is 4.24. The van der Waals surface area contributed by atoms with Crippen molar-refractivity contribution < 1.29 is 15.0 Å². The maximum atomic E-state index is 11.4. The van der Waals surface area contributed by atoms with E-state index in [1.165, 1.54) is 0 Å². The Morgan fingerprint density at radius 1 is 1.27 bits per heavy atom. The van der Waals surface area contributed by atoms with E-state index >= 15 is 0 Å². The predicted molar refractivity (Wildman–Crippen MR) is 57.3 cm³/mol. The smallest absolute Gasteiger partial charge is 0.220 e. The van der Waals surface area contributed by atoms with Crippen LogP contribution in [-0.4, -0.2) is 35.4 Å². The van der Waals surface area contributed by atoms with Crippen LogP contribution < -0.4 is 5.32 Å². The Morgan fingerprint density at radius 3 is 2.73 bits per heavy atom. The first-order valence-corrected chi connectivity index (χ1v) is 5.79.